The summed E-state index contributed by atoms with van der Waals surface area (Å²) in [6, 6.07) is 6.74. The minimum atomic E-state index is -4.42. The summed E-state index contributed by atoms with van der Waals surface area (Å²) in [6.07, 6.45) is -1.93. The first kappa shape index (κ1) is 18.6. The fourth-order valence-electron chi connectivity index (χ4n) is 3.14. The number of fused-ring (bicyclic) bond motifs is 1. The van der Waals surface area contributed by atoms with E-state index in [1.54, 1.807) is 12.1 Å². The smallest absolute Gasteiger partial charge is 0.368 e. The van der Waals surface area contributed by atoms with E-state index in [2.05, 4.69) is 15.4 Å². The molecule has 28 heavy (non-hydrogen) atoms. The minimum absolute atomic E-state index is 0.00354. The number of carbonyl (C=O) groups excluding carboxylic acids is 1. The van der Waals surface area contributed by atoms with Crippen molar-refractivity contribution in [3.8, 4) is 11.1 Å². The number of aromatic nitrogens is 3. The molecule has 1 fully saturated rings. The standard InChI is InChI=1S/C19H17F3N4O2/c20-19(21,22)14-3-1-2-12(6-14)13-7-16-15(24-8-13)9-25-26(16)11-17(27)18-10-23-4-5-28-18/h1-3,6-9,18,23H,4-5,10-11H2. The summed E-state index contributed by atoms with van der Waals surface area (Å²) >= 11 is 0. The SMILES string of the molecule is O=C(Cn1ncc2ncc(-c3cccc(C(F)(F)F)c3)cc21)C1CNCCO1. The van der Waals surface area contributed by atoms with Gasteiger partial charge in [-0.1, -0.05) is 12.1 Å². The van der Waals surface area contributed by atoms with Crippen molar-refractivity contribution in [3.05, 3.63) is 48.3 Å². The summed E-state index contributed by atoms with van der Waals surface area (Å²) in [7, 11) is 0. The second-order valence-electron chi connectivity index (χ2n) is 6.54. The van der Waals surface area contributed by atoms with Crippen LogP contribution in [0.1, 0.15) is 5.56 Å². The van der Waals surface area contributed by atoms with Crippen molar-refractivity contribution in [1.29, 1.82) is 0 Å². The maximum absolute atomic E-state index is 13.0. The highest BCUT2D eigenvalue weighted by Crippen LogP contribution is 2.32. The average molecular weight is 390 g/mol. The zero-order valence-electron chi connectivity index (χ0n) is 14.7. The highest BCUT2D eigenvalue weighted by Gasteiger charge is 2.30. The molecule has 0 aliphatic carbocycles. The van der Waals surface area contributed by atoms with Crippen LogP contribution in [0.5, 0.6) is 0 Å². The molecule has 0 bridgehead atoms. The summed E-state index contributed by atoms with van der Waals surface area (Å²) in [6.45, 7) is 1.63. The Bertz CT molecular complexity index is 1010. The zero-order chi connectivity index (χ0) is 19.7. The molecule has 1 atom stereocenters. The fraction of sp³-hybridized carbons (Fsp3) is 0.316. The molecule has 3 heterocycles. The van der Waals surface area contributed by atoms with E-state index < -0.39 is 17.8 Å². The third kappa shape index (κ3) is 3.76. The molecule has 0 saturated carbocycles. The lowest BCUT2D eigenvalue weighted by Gasteiger charge is -2.22. The molecule has 4 rings (SSSR count). The van der Waals surface area contributed by atoms with Crippen LogP contribution in [0.3, 0.4) is 0 Å². The Morgan fingerprint density at radius 3 is 2.86 bits per heavy atom. The molecule has 1 unspecified atom stereocenters. The van der Waals surface area contributed by atoms with Crippen LogP contribution in [-0.4, -0.2) is 46.3 Å². The second-order valence-corrected chi connectivity index (χ2v) is 6.54. The number of benzene rings is 1. The monoisotopic (exact) mass is 390 g/mol. The van der Waals surface area contributed by atoms with E-state index in [0.717, 1.165) is 12.1 Å². The van der Waals surface area contributed by atoms with Gasteiger partial charge in [0.1, 0.15) is 18.2 Å². The lowest BCUT2D eigenvalue weighted by atomic mass is 10.0. The molecule has 2 aromatic heterocycles. The number of alkyl halides is 3. The number of nitrogens with zero attached hydrogens (tertiary/aromatic N) is 3. The maximum atomic E-state index is 13.0. The molecule has 9 heteroatoms. The van der Waals surface area contributed by atoms with Gasteiger partial charge in [0.05, 0.1) is 23.9 Å². The van der Waals surface area contributed by atoms with Crippen LogP contribution in [0.2, 0.25) is 0 Å². The van der Waals surface area contributed by atoms with Crippen molar-refractivity contribution in [3.63, 3.8) is 0 Å². The van der Waals surface area contributed by atoms with E-state index in [-0.39, 0.29) is 12.3 Å². The molecule has 0 spiro atoms. The molecule has 1 N–H and O–H groups in total. The molecule has 1 aliphatic rings. The fourth-order valence-corrected chi connectivity index (χ4v) is 3.14. The molecule has 6 nitrogen and oxygen atoms in total. The van der Waals surface area contributed by atoms with E-state index in [0.29, 0.717) is 41.9 Å². The van der Waals surface area contributed by atoms with E-state index >= 15 is 0 Å². The van der Waals surface area contributed by atoms with Gasteiger partial charge in [-0.25, -0.2) is 0 Å². The third-order valence-electron chi connectivity index (χ3n) is 4.61. The number of nitrogens with one attached hydrogen (secondary N) is 1. The first-order valence-corrected chi connectivity index (χ1v) is 8.76. The molecule has 146 valence electrons. The van der Waals surface area contributed by atoms with Gasteiger partial charge in [-0.3, -0.25) is 14.5 Å². The topological polar surface area (TPSA) is 69.0 Å². The van der Waals surface area contributed by atoms with Crippen LogP contribution in [-0.2, 0) is 22.3 Å². The van der Waals surface area contributed by atoms with Gasteiger partial charge in [0, 0.05) is 24.8 Å². The summed E-state index contributed by atoms with van der Waals surface area (Å²) in [4.78, 5) is 16.7. The van der Waals surface area contributed by atoms with Gasteiger partial charge in [0.15, 0.2) is 5.78 Å². The lowest BCUT2D eigenvalue weighted by Crippen LogP contribution is -2.44. The van der Waals surface area contributed by atoms with Crippen LogP contribution in [0.25, 0.3) is 22.2 Å². The van der Waals surface area contributed by atoms with E-state index in [1.165, 1.54) is 23.1 Å². The van der Waals surface area contributed by atoms with E-state index in [4.69, 9.17) is 4.74 Å². The lowest BCUT2D eigenvalue weighted by molar-refractivity contribution is -0.137. The Hall–Kier alpha value is -2.78. The Kier molecular flexibility index (Phi) is 4.86. The molecule has 0 radical (unpaired) electrons. The predicted octanol–water partition coefficient (Wildman–Crippen LogP) is 2.67. The largest absolute Gasteiger partial charge is 0.416 e. The van der Waals surface area contributed by atoms with Gasteiger partial charge >= 0.3 is 6.18 Å². The van der Waals surface area contributed by atoms with Crippen molar-refractivity contribution in [2.75, 3.05) is 19.7 Å². The average Bonchev–Trinajstić information content (AvgIpc) is 3.10. The molecular weight excluding hydrogens is 373 g/mol. The number of halogens is 3. The number of ketones is 1. The van der Waals surface area contributed by atoms with Gasteiger partial charge in [-0.15, -0.1) is 0 Å². The molecule has 1 aliphatic heterocycles. The second kappa shape index (κ2) is 7.33. The van der Waals surface area contributed by atoms with Gasteiger partial charge < -0.3 is 10.1 Å². The number of pyridine rings is 1. The molecule has 0 amide bonds. The summed E-state index contributed by atoms with van der Waals surface area (Å²) in [5.74, 6) is -0.123. The van der Waals surface area contributed by atoms with E-state index in [9.17, 15) is 18.0 Å². The van der Waals surface area contributed by atoms with Crippen LogP contribution in [0.15, 0.2) is 42.7 Å². The number of hydrogen-bond acceptors (Lipinski definition) is 5. The van der Waals surface area contributed by atoms with Crippen LogP contribution < -0.4 is 5.32 Å². The first-order valence-electron chi connectivity index (χ1n) is 8.76. The number of rotatable bonds is 4. The van der Waals surface area contributed by atoms with Gasteiger partial charge in [-0.05, 0) is 23.8 Å². The number of morpholine rings is 1. The molecular formula is C19H17F3N4O2. The first-order chi connectivity index (χ1) is 13.4. The highest BCUT2D eigenvalue weighted by atomic mass is 19.4. The normalized spacial score (nSPS) is 17.8. The number of carbonyl (C=O) groups is 1. The van der Waals surface area contributed by atoms with Crippen molar-refractivity contribution in [1.82, 2.24) is 20.1 Å². The molecule has 3 aromatic rings. The zero-order valence-corrected chi connectivity index (χ0v) is 14.7. The Balaban J connectivity index is 1.64. The van der Waals surface area contributed by atoms with Crippen LogP contribution in [0.4, 0.5) is 13.2 Å². The molecule has 1 saturated heterocycles. The third-order valence-corrected chi connectivity index (χ3v) is 4.61. The Morgan fingerprint density at radius 1 is 1.25 bits per heavy atom. The van der Waals surface area contributed by atoms with Crippen LogP contribution in [0, 0.1) is 0 Å². The van der Waals surface area contributed by atoms with Crippen molar-refractivity contribution >= 4 is 16.8 Å². The predicted molar refractivity (Wildman–Crippen MR) is 95.6 cm³/mol. The van der Waals surface area contributed by atoms with Crippen molar-refractivity contribution in [2.24, 2.45) is 0 Å². The molecule has 1 aromatic carbocycles. The minimum Gasteiger partial charge on any atom is -0.368 e. The number of ether oxygens (including phenoxy) is 1. The van der Waals surface area contributed by atoms with E-state index in [1.807, 2.05) is 0 Å². The Labute approximate surface area is 158 Å². The number of hydrogen-bond donors (Lipinski definition) is 1. The highest BCUT2D eigenvalue weighted by molar-refractivity contribution is 5.86. The van der Waals surface area contributed by atoms with Crippen molar-refractivity contribution in [2.45, 2.75) is 18.8 Å². The van der Waals surface area contributed by atoms with Crippen molar-refractivity contribution < 1.29 is 22.7 Å². The van der Waals surface area contributed by atoms with Gasteiger partial charge in [0.25, 0.3) is 0 Å². The summed E-state index contributed by atoms with van der Waals surface area (Å²) < 4.78 is 45.9. The summed E-state index contributed by atoms with van der Waals surface area (Å²) in [5.41, 5.74) is 1.32. The Morgan fingerprint density at radius 2 is 2.11 bits per heavy atom. The quantitative estimate of drug-likeness (QED) is 0.742. The maximum Gasteiger partial charge on any atom is 0.416 e. The van der Waals surface area contributed by atoms with Gasteiger partial charge in [-0.2, -0.15) is 18.3 Å². The van der Waals surface area contributed by atoms with Gasteiger partial charge in [0.2, 0.25) is 0 Å². The van der Waals surface area contributed by atoms with Crippen LogP contribution >= 0.6 is 0 Å². The number of Topliss-reactive ketones (excluding diaryl/α,β-unsaturated/α-hetero) is 1. The summed E-state index contributed by atoms with van der Waals surface area (Å²) in [5, 5.41) is 7.30.